The summed E-state index contributed by atoms with van der Waals surface area (Å²) in [6, 6.07) is 1.34. The molecule has 13 heavy (non-hydrogen) atoms. The summed E-state index contributed by atoms with van der Waals surface area (Å²) >= 11 is 0. The molecular formula is C11H22N2. The van der Waals surface area contributed by atoms with Gasteiger partial charge in [0.1, 0.15) is 0 Å². The van der Waals surface area contributed by atoms with Crippen molar-refractivity contribution in [1.82, 2.24) is 4.90 Å². The van der Waals surface area contributed by atoms with Crippen molar-refractivity contribution in [1.29, 1.82) is 0 Å². The van der Waals surface area contributed by atoms with Crippen molar-refractivity contribution in [3.8, 4) is 0 Å². The first-order valence-corrected chi connectivity index (χ1v) is 5.69. The average Bonchev–Trinajstić information content (AvgIpc) is 2.01. The lowest BCUT2D eigenvalue weighted by atomic mass is 9.72. The first-order chi connectivity index (χ1) is 6.19. The molecule has 1 heterocycles. The van der Waals surface area contributed by atoms with E-state index in [4.69, 9.17) is 5.73 Å². The predicted octanol–water partition coefficient (Wildman–Crippen LogP) is 1.60. The van der Waals surface area contributed by atoms with Crippen molar-refractivity contribution in [2.24, 2.45) is 11.1 Å². The minimum atomic E-state index is 0.503. The van der Waals surface area contributed by atoms with Crippen LogP contribution in [-0.4, -0.2) is 30.1 Å². The molecule has 76 valence electrons. The van der Waals surface area contributed by atoms with Crippen molar-refractivity contribution in [3.63, 3.8) is 0 Å². The molecule has 0 unspecified atom stereocenters. The zero-order valence-electron chi connectivity index (χ0n) is 8.92. The summed E-state index contributed by atoms with van der Waals surface area (Å²) in [5.74, 6) is 0. The number of rotatable bonds is 3. The van der Waals surface area contributed by atoms with E-state index in [0.717, 1.165) is 6.04 Å². The van der Waals surface area contributed by atoms with Crippen LogP contribution in [0.1, 0.15) is 39.5 Å². The van der Waals surface area contributed by atoms with Crippen LogP contribution in [0.4, 0.5) is 0 Å². The molecule has 2 nitrogen and oxygen atoms in total. The third-order valence-electron chi connectivity index (χ3n) is 4.24. The van der Waals surface area contributed by atoms with E-state index >= 15 is 0 Å². The Labute approximate surface area is 81.5 Å². The Kier molecular flexibility index (Phi) is 2.37. The highest BCUT2D eigenvalue weighted by Crippen LogP contribution is 2.41. The maximum absolute atomic E-state index is 5.79. The summed E-state index contributed by atoms with van der Waals surface area (Å²) in [5, 5.41) is 0. The third-order valence-corrected chi connectivity index (χ3v) is 4.24. The van der Waals surface area contributed by atoms with Gasteiger partial charge in [-0.25, -0.2) is 0 Å². The molecule has 2 fully saturated rings. The monoisotopic (exact) mass is 182 g/mol. The van der Waals surface area contributed by atoms with Crippen LogP contribution >= 0.6 is 0 Å². The highest BCUT2D eigenvalue weighted by atomic mass is 15.2. The molecule has 0 atom stereocenters. The van der Waals surface area contributed by atoms with Crippen molar-refractivity contribution in [3.05, 3.63) is 0 Å². The van der Waals surface area contributed by atoms with Crippen LogP contribution in [0.3, 0.4) is 0 Å². The minimum absolute atomic E-state index is 0.503. The molecule has 2 rings (SSSR count). The quantitative estimate of drug-likeness (QED) is 0.718. The Morgan fingerprint density at radius 3 is 2.15 bits per heavy atom. The molecule has 1 saturated heterocycles. The van der Waals surface area contributed by atoms with Crippen molar-refractivity contribution in [2.45, 2.75) is 51.6 Å². The van der Waals surface area contributed by atoms with Gasteiger partial charge in [-0.15, -0.1) is 0 Å². The maximum atomic E-state index is 5.79. The molecule has 2 N–H and O–H groups in total. The van der Waals surface area contributed by atoms with Gasteiger partial charge < -0.3 is 5.73 Å². The number of nitrogens with zero attached hydrogens (tertiary/aromatic N) is 1. The Morgan fingerprint density at radius 1 is 1.23 bits per heavy atom. The second kappa shape index (κ2) is 3.25. The average molecular weight is 182 g/mol. The molecule has 0 radical (unpaired) electrons. The summed E-state index contributed by atoms with van der Waals surface area (Å²) in [5.41, 5.74) is 6.46. The molecule has 0 amide bonds. The first kappa shape index (κ1) is 9.47. The molecule has 0 aromatic carbocycles. The van der Waals surface area contributed by atoms with Crippen LogP contribution in [0.5, 0.6) is 0 Å². The highest BCUT2D eigenvalue weighted by Gasteiger charge is 2.45. The van der Waals surface area contributed by atoms with E-state index < -0.39 is 0 Å². The van der Waals surface area contributed by atoms with Gasteiger partial charge in [-0.05, 0) is 31.1 Å². The largest absolute Gasteiger partial charge is 0.328 e. The molecule has 2 heteroatoms. The van der Waals surface area contributed by atoms with Crippen molar-refractivity contribution < 1.29 is 0 Å². The van der Waals surface area contributed by atoms with Gasteiger partial charge in [-0.3, -0.25) is 4.90 Å². The van der Waals surface area contributed by atoms with Crippen molar-refractivity contribution >= 4 is 0 Å². The van der Waals surface area contributed by atoms with Crippen LogP contribution in [0.2, 0.25) is 0 Å². The van der Waals surface area contributed by atoms with Gasteiger partial charge in [-0.1, -0.05) is 13.8 Å². The van der Waals surface area contributed by atoms with Crippen LogP contribution in [0.15, 0.2) is 0 Å². The maximum Gasteiger partial charge on any atom is 0.0125 e. The fourth-order valence-corrected chi connectivity index (χ4v) is 2.70. The molecular weight excluding hydrogens is 160 g/mol. The topological polar surface area (TPSA) is 29.3 Å². The molecule has 0 aromatic rings. The lowest BCUT2D eigenvalue weighted by Crippen LogP contribution is -2.63. The summed E-state index contributed by atoms with van der Waals surface area (Å²) in [4.78, 5) is 2.64. The van der Waals surface area contributed by atoms with Gasteiger partial charge in [0.05, 0.1) is 0 Å². The molecule has 0 bridgehead atoms. The zero-order chi connectivity index (χ0) is 9.47. The molecule has 2 aliphatic rings. The third kappa shape index (κ3) is 1.50. The first-order valence-electron chi connectivity index (χ1n) is 5.69. The summed E-state index contributed by atoms with van der Waals surface area (Å²) < 4.78 is 0. The summed E-state index contributed by atoms with van der Waals surface area (Å²) in [7, 11) is 0. The SMILES string of the molecule is CCC1(CC)CN(C2CC(N)C2)C1. The van der Waals surface area contributed by atoms with Crippen LogP contribution in [0, 0.1) is 5.41 Å². The van der Waals surface area contributed by atoms with E-state index in [1.165, 1.54) is 38.8 Å². The van der Waals surface area contributed by atoms with Gasteiger partial charge in [0, 0.05) is 25.2 Å². The van der Waals surface area contributed by atoms with Crippen molar-refractivity contribution in [2.75, 3.05) is 13.1 Å². The number of nitrogens with two attached hydrogens (primary N) is 1. The minimum Gasteiger partial charge on any atom is -0.328 e. The van der Waals surface area contributed by atoms with Gasteiger partial charge in [0.15, 0.2) is 0 Å². The van der Waals surface area contributed by atoms with Gasteiger partial charge >= 0.3 is 0 Å². The van der Waals surface area contributed by atoms with Crippen LogP contribution in [-0.2, 0) is 0 Å². The second-order valence-corrected chi connectivity index (χ2v) is 5.00. The molecule has 1 aliphatic carbocycles. The highest BCUT2D eigenvalue weighted by molar-refractivity contribution is 5.00. The standard InChI is InChI=1S/C11H22N2/c1-3-11(4-2)7-13(8-11)10-5-9(12)6-10/h9-10H,3-8,12H2,1-2H3. The van der Waals surface area contributed by atoms with Gasteiger partial charge in [0.2, 0.25) is 0 Å². The molecule has 0 aromatic heterocycles. The predicted molar refractivity (Wildman–Crippen MR) is 55.6 cm³/mol. The van der Waals surface area contributed by atoms with E-state index in [0.29, 0.717) is 11.5 Å². The smallest absolute Gasteiger partial charge is 0.0125 e. The number of likely N-dealkylation sites (tertiary alicyclic amines) is 1. The lowest BCUT2D eigenvalue weighted by molar-refractivity contribution is -0.0625. The van der Waals surface area contributed by atoms with Gasteiger partial charge in [-0.2, -0.15) is 0 Å². The number of hydrogen-bond acceptors (Lipinski definition) is 2. The Morgan fingerprint density at radius 2 is 1.77 bits per heavy atom. The van der Waals surface area contributed by atoms with Crippen LogP contribution < -0.4 is 5.73 Å². The number of hydrogen-bond donors (Lipinski definition) is 1. The Hall–Kier alpha value is -0.0800. The Balaban J connectivity index is 1.77. The van der Waals surface area contributed by atoms with Crippen LogP contribution in [0.25, 0.3) is 0 Å². The fourth-order valence-electron chi connectivity index (χ4n) is 2.70. The zero-order valence-corrected chi connectivity index (χ0v) is 8.92. The summed E-state index contributed by atoms with van der Waals surface area (Å²) in [6.07, 6.45) is 5.17. The normalized spacial score (nSPS) is 38.1. The van der Waals surface area contributed by atoms with E-state index in [2.05, 4.69) is 18.7 Å². The van der Waals surface area contributed by atoms with E-state index in [1.807, 2.05) is 0 Å². The lowest BCUT2D eigenvalue weighted by Gasteiger charge is -2.56. The molecule has 1 saturated carbocycles. The summed E-state index contributed by atoms with van der Waals surface area (Å²) in [6.45, 7) is 7.31. The van der Waals surface area contributed by atoms with E-state index in [-0.39, 0.29) is 0 Å². The van der Waals surface area contributed by atoms with E-state index in [1.54, 1.807) is 0 Å². The van der Waals surface area contributed by atoms with Gasteiger partial charge in [0.25, 0.3) is 0 Å². The molecule has 1 aliphatic heterocycles. The van der Waals surface area contributed by atoms with E-state index in [9.17, 15) is 0 Å². The molecule has 0 spiro atoms. The Bertz CT molecular complexity index is 173. The fraction of sp³-hybridized carbons (Fsp3) is 1.00. The second-order valence-electron chi connectivity index (χ2n) is 5.00.